The Morgan fingerprint density at radius 2 is 2.22 bits per heavy atom. The number of benzene rings is 1. The van der Waals surface area contributed by atoms with E-state index >= 15 is 0 Å². The first-order chi connectivity index (χ1) is 17.7. The number of nitrogens with one attached hydrogen (secondary N) is 1. The molecule has 2 aromatic heterocycles. The van der Waals surface area contributed by atoms with E-state index in [1.807, 2.05) is 31.4 Å². The Morgan fingerprint density at radius 1 is 1.35 bits per heavy atom. The SMILES string of the molecule is Cn1cc2c(C(=O)N[C@H]3CC[C@@]4(CCN5CCc6sc(OCC(F)(F)F)nc6C5)C[C@H]4C3)cccc2n1. The second-order valence-electron chi connectivity index (χ2n) is 10.8. The van der Waals surface area contributed by atoms with Gasteiger partial charge >= 0.3 is 6.18 Å². The molecule has 2 fully saturated rings. The van der Waals surface area contributed by atoms with Gasteiger partial charge in [0.15, 0.2) is 6.61 Å². The molecule has 0 unspecified atom stereocenters. The zero-order valence-electron chi connectivity index (χ0n) is 20.7. The highest BCUT2D eigenvalue weighted by Gasteiger charge is 2.56. The van der Waals surface area contributed by atoms with Gasteiger partial charge in [0.2, 0.25) is 0 Å². The predicted molar refractivity (Wildman–Crippen MR) is 134 cm³/mol. The summed E-state index contributed by atoms with van der Waals surface area (Å²) in [5, 5.41) is 8.67. The van der Waals surface area contributed by atoms with E-state index in [2.05, 4.69) is 20.3 Å². The molecule has 0 radical (unpaired) electrons. The number of thiazole rings is 1. The van der Waals surface area contributed by atoms with Gasteiger partial charge in [-0.25, -0.2) is 4.98 Å². The molecule has 1 aliphatic heterocycles. The highest BCUT2D eigenvalue weighted by atomic mass is 32.1. The van der Waals surface area contributed by atoms with E-state index in [0.29, 0.717) is 23.4 Å². The number of carbonyl (C=O) groups is 1. The fourth-order valence-electron chi connectivity index (χ4n) is 6.19. The van der Waals surface area contributed by atoms with E-state index in [-0.39, 0.29) is 17.1 Å². The van der Waals surface area contributed by atoms with Crippen LogP contribution < -0.4 is 10.1 Å². The molecule has 2 aliphatic carbocycles. The third-order valence-corrected chi connectivity index (χ3v) is 9.31. The van der Waals surface area contributed by atoms with E-state index in [4.69, 9.17) is 4.74 Å². The lowest BCUT2D eigenvalue weighted by Gasteiger charge is -2.32. The lowest BCUT2D eigenvalue weighted by atomic mass is 9.83. The van der Waals surface area contributed by atoms with Crippen LogP contribution >= 0.6 is 11.3 Å². The molecule has 3 atom stereocenters. The number of hydrogen-bond donors (Lipinski definition) is 1. The zero-order chi connectivity index (χ0) is 25.8. The molecular weight excluding hydrogens is 503 g/mol. The number of alkyl halides is 3. The molecule has 37 heavy (non-hydrogen) atoms. The number of halogens is 3. The maximum atomic E-state index is 13.0. The predicted octanol–water partition coefficient (Wildman–Crippen LogP) is 4.71. The zero-order valence-corrected chi connectivity index (χ0v) is 21.5. The lowest BCUT2D eigenvalue weighted by molar-refractivity contribution is -0.153. The van der Waals surface area contributed by atoms with Crippen LogP contribution in [-0.2, 0) is 20.0 Å². The molecule has 0 bridgehead atoms. The topological polar surface area (TPSA) is 72.3 Å². The smallest absolute Gasteiger partial charge is 0.422 e. The molecule has 3 aliphatic rings. The van der Waals surface area contributed by atoms with Gasteiger partial charge in [0, 0.05) is 42.6 Å². The van der Waals surface area contributed by atoms with Crippen molar-refractivity contribution in [2.24, 2.45) is 18.4 Å². The fraction of sp³-hybridized carbons (Fsp3) is 0.577. The molecule has 1 N–H and O–H groups in total. The van der Waals surface area contributed by atoms with Crippen LogP contribution in [-0.4, -0.2) is 57.5 Å². The van der Waals surface area contributed by atoms with Crippen molar-refractivity contribution in [1.29, 1.82) is 0 Å². The van der Waals surface area contributed by atoms with Crippen molar-refractivity contribution in [3.63, 3.8) is 0 Å². The summed E-state index contributed by atoms with van der Waals surface area (Å²) in [5.41, 5.74) is 2.73. The highest BCUT2D eigenvalue weighted by Crippen LogP contribution is 2.63. The molecule has 11 heteroatoms. The Kier molecular flexibility index (Phi) is 6.18. The number of hydrogen-bond acceptors (Lipinski definition) is 6. The number of nitrogens with zero attached hydrogens (tertiary/aromatic N) is 4. The molecular formula is C26H30F3N5O2S. The minimum atomic E-state index is -4.35. The minimum absolute atomic E-state index is 0.0253. The van der Waals surface area contributed by atoms with Crippen LogP contribution in [0.5, 0.6) is 5.19 Å². The van der Waals surface area contributed by atoms with E-state index in [9.17, 15) is 18.0 Å². The number of aromatic nitrogens is 3. The molecule has 0 spiro atoms. The van der Waals surface area contributed by atoms with Crippen LogP contribution in [0.15, 0.2) is 24.4 Å². The van der Waals surface area contributed by atoms with Crippen molar-refractivity contribution in [3.05, 3.63) is 40.5 Å². The van der Waals surface area contributed by atoms with Crippen molar-refractivity contribution in [2.75, 3.05) is 19.7 Å². The summed E-state index contributed by atoms with van der Waals surface area (Å²) in [6.45, 7) is 1.23. The Labute approximate surface area is 217 Å². The van der Waals surface area contributed by atoms with Gasteiger partial charge in [-0.2, -0.15) is 18.3 Å². The number of fused-ring (bicyclic) bond motifs is 3. The number of carbonyl (C=O) groups excluding carboxylic acids is 1. The summed E-state index contributed by atoms with van der Waals surface area (Å²) >= 11 is 1.24. The Bertz CT molecular complexity index is 1320. The van der Waals surface area contributed by atoms with Gasteiger partial charge in [-0.3, -0.25) is 14.4 Å². The van der Waals surface area contributed by atoms with Gasteiger partial charge in [-0.15, -0.1) is 0 Å². The second-order valence-corrected chi connectivity index (χ2v) is 11.8. The average molecular weight is 534 g/mol. The lowest BCUT2D eigenvalue weighted by Crippen LogP contribution is -2.39. The third kappa shape index (κ3) is 5.20. The summed E-state index contributed by atoms with van der Waals surface area (Å²) in [6.07, 6.45) is 3.79. The molecule has 198 valence electrons. The first-order valence-corrected chi connectivity index (χ1v) is 13.6. The second kappa shape index (κ2) is 9.27. The van der Waals surface area contributed by atoms with Gasteiger partial charge in [0.25, 0.3) is 11.1 Å². The van der Waals surface area contributed by atoms with Crippen molar-refractivity contribution < 1.29 is 22.7 Å². The monoisotopic (exact) mass is 533 g/mol. The summed E-state index contributed by atoms with van der Waals surface area (Å²) in [5.74, 6) is 0.616. The van der Waals surface area contributed by atoms with Crippen LogP contribution in [0.25, 0.3) is 10.9 Å². The van der Waals surface area contributed by atoms with E-state index in [1.165, 1.54) is 17.8 Å². The summed E-state index contributed by atoms with van der Waals surface area (Å²) in [4.78, 5) is 20.8. The van der Waals surface area contributed by atoms with E-state index < -0.39 is 12.8 Å². The number of rotatable bonds is 7. The maximum Gasteiger partial charge on any atom is 0.422 e. The largest absolute Gasteiger partial charge is 0.460 e. The van der Waals surface area contributed by atoms with Crippen LogP contribution in [0.1, 0.15) is 53.0 Å². The van der Waals surface area contributed by atoms with Gasteiger partial charge in [0.1, 0.15) is 0 Å². The Hall–Kier alpha value is -2.66. The van der Waals surface area contributed by atoms with E-state index in [1.54, 1.807) is 4.68 Å². The normalized spacial score (nSPS) is 25.5. The molecule has 0 saturated heterocycles. The van der Waals surface area contributed by atoms with Gasteiger partial charge < -0.3 is 10.1 Å². The summed E-state index contributed by atoms with van der Waals surface area (Å²) < 4.78 is 43.9. The van der Waals surface area contributed by atoms with Gasteiger partial charge in [-0.05, 0) is 68.5 Å². The quantitative estimate of drug-likeness (QED) is 0.477. The highest BCUT2D eigenvalue weighted by molar-refractivity contribution is 7.13. The molecule has 3 heterocycles. The van der Waals surface area contributed by atoms with Crippen molar-refractivity contribution >= 4 is 28.1 Å². The number of amides is 1. The molecule has 3 aromatic rings. The molecule has 1 aromatic carbocycles. The summed E-state index contributed by atoms with van der Waals surface area (Å²) in [7, 11) is 1.86. The van der Waals surface area contributed by atoms with Gasteiger partial charge in [0.05, 0.1) is 16.8 Å². The van der Waals surface area contributed by atoms with E-state index in [0.717, 1.165) is 66.7 Å². The fourth-order valence-corrected chi connectivity index (χ4v) is 7.09. The Balaban J connectivity index is 0.990. The first kappa shape index (κ1) is 24.7. The van der Waals surface area contributed by atoms with Crippen LogP contribution in [0.2, 0.25) is 0 Å². The minimum Gasteiger partial charge on any atom is -0.460 e. The van der Waals surface area contributed by atoms with Crippen LogP contribution in [0.3, 0.4) is 0 Å². The molecule has 2 saturated carbocycles. The molecule has 1 amide bonds. The summed E-state index contributed by atoms with van der Waals surface area (Å²) in [6, 6.07) is 5.86. The number of aryl methyl sites for hydroxylation is 1. The molecule has 6 rings (SSSR count). The average Bonchev–Trinajstić information content (AvgIpc) is 3.19. The van der Waals surface area contributed by atoms with Crippen LogP contribution in [0.4, 0.5) is 13.2 Å². The maximum absolute atomic E-state index is 13.0. The molecule has 7 nitrogen and oxygen atoms in total. The van der Waals surface area contributed by atoms with Crippen molar-refractivity contribution in [3.8, 4) is 5.19 Å². The van der Waals surface area contributed by atoms with Gasteiger partial charge in [-0.1, -0.05) is 17.4 Å². The Morgan fingerprint density at radius 3 is 3.03 bits per heavy atom. The van der Waals surface area contributed by atoms with Crippen molar-refractivity contribution in [1.82, 2.24) is 25.0 Å². The third-order valence-electron chi connectivity index (χ3n) is 8.24. The standard InChI is InChI=1S/C26H30F3N5O2S/c1-33-13-19-18(3-2-4-20(19)32-33)23(35)30-17-5-7-25(12-16(25)11-17)8-10-34-9-6-22-21(14-34)31-24(37-22)36-15-26(27,28)29/h2-4,13,16-17H,5-12,14-15H2,1H3,(H,30,35)/t16-,17+,25-/m1/s1. The van der Waals surface area contributed by atoms with Crippen LogP contribution in [0, 0.1) is 11.3 Å². The first-order valence-electron chi connectivity index (χ1n) is 12.8. The number of ether oxygens (including phenoxy) is 1. The van der Waals surface area contributed by atoms with Crippen molar-refractivity contribution in [2.45, 2.75) is 57.3 Å².